The van der Waals surface area contributed by atoms with Gasteiger partial charge < -0.3 is 10.2 Å². The summed E-state index contributed by atoms with van der Waals surface area (Å²) in [6.45, 7) is 5.45. The number of carbonyl (C=O) groups is 1. The molecule has 1 N–H and O–H groups in total. The minimum atomic E-state index is -0.118. The molecular formula is C16H23ClN4O2S. The molecule has 0 saturated carbocycles. The molecule has 2 aromatic heterocycles. The number of carbonyl (C=O) groups excluding carboxylic acids is 1. The lowest BCUT2D eigenvalue weighted by Gasteiger charge is -2.32. The van der Waals surface area contributed by atoms with Crippen LogP contribution in [-0.4, -0.2) is 46.5 Å². The molecular weight excluding hydrogens is 348 g/mol. The summed E-state index contributed by atoms with van der Waals surface area (Å²) in [4.78, 5) is 33.2. The van der Waals surface area contributed by atoms with Crippen molar-refractivity contribution in [1.82, 2.24) is 19.8 Å². The van der Waals surface area contributed by atoms with Gasteiger partial charge in [-0.2, -0.15) is 0 Å². The maximum atomic E-state index is 12.6. The predicted molar refractivity (Wildman–Crippen MR) is 99.3 cm³/mol. The summed E-state index contributed by atoms with van der Waals surface area (Å²) in [5.74, 6) is -0.0159. The van der Waals surface area contributed by atoms with E-state index in [2.05, 4.69) is 10.3 Å². The van der Waals surface area contributed by atoms with Crippen LogP contribution >= 0.6 is 23.7 Å². The van der Waals surface area contributed by atoms with Gasteiger partial charge in [0.1, 0.15) is 11.4 Å². The summed E-state index contributed by atoms with van der Waals surface area (Å²) in [6.07, 6.45) is 3.57. The molecule has 0 spiro atoms. The molecule has 1 unspecified atom stereocenters. The first-order valence-electron chi connectivity index (χ1n) is 7.91. The molecule has 2 aromatic rings. The van der Waals surface area contributed by atoms with Gasteiger partial charge in [-0.25, -0.2) is 4.98 Å². The van der Waals surface area contributed by atoms with Crippen LogP contribution in [0.2, 0.25) is 0 Å². The van der Waals surface area contributed by atoms with Gasteiger partial charge in [0.25, 0.3) is 5.56 Å². The van der Waals surface area contributed by atoms with E-state index >= 15 is 0 Å². The van der Waals surface area contributed by atoms with Crippen LogP contribution in [0.1, 0.15) is 23.3 Å². The van der Waals surface area contributed by atoms with Gasteiger partial charge in [-0.15, -0.1) is 23.7 Å². The van der Waals surface area contributed by atoms with E-state index in [-0.39, 0.29) is 30.4 Å². The molecule has 3 rings (SSSR count). The van der Waals surface area contributed by atoms with Crippen molar-refractivity contribution >= 4 is 39.9 Å². The SMILES string of the molecule is CNC1CCCN(C(=O)Cn2cnc3sc(C)c(C)c3c2=O)C1.Cl. The standard InChI is InChI=1S/C16H22N4O2S.ClH/c1-10-11(2)23-15-14(10)16(22)20(9-18-15)8-13(21)19-6-4-5-12(7-19)17-3;/h9,12,17H,4-8H2,1-3H3;1H. The first-order chi connectivity index (χ1) is 11.0. The van der Waals surface area contributed by atoms with E-state index in [4.69, 9.17) is 0 Å². The molecule has 8 heteroatoms. The fraction of sp³-hybridized carbons (Fsp3) is 0.562. The van der Waals surface area contributed by atoms with Crippen LogP contribution in [0.3, 0.4) is 0 Å². The van der Waals surface area contributed by atoms with Gasteiger partial charge in [0.15, 0.2) is 0 Å². The highest BCUT2D eigenvalue weighted by atomic mass is 35.5. The Balaban J connectivity index is 0.00000208. The first kappa shape index (κ1) is 18.9. The second kappa shape index (κ2) is 7.63. The summed E-state index contributed by atoms with van der Waals surface area (Å²) < 4.78 is 1.44. The molecule has 6 nitrogen and oxygen atoms in total. The van der Waals surface area contributed by atoms with Crippen LogP contribution in [0.4, 0.5) is 0 Å². The second-order valence-corrected chi connectivity index (χ2v) is 7.31. The Morgan fingerprint density at radius 2 is 2.21 bits per heavy atom. The van der Waals surface area contributed by atoms with Crippen molar-refractivity contribution in [3.05, 3.63) is 27.1 Å². The van der Waals surface area contributed by atoms with Crippen molar-refractivity contribution in [2.45, 2.75) is 39.3 Å². The quantitative estimate of drug-likeness (QED) is 0.893. The van der Waals surface area contributed by atoms with E-state index in [1.807, 2.05) is 25.8 Å². The van der Waals surface area contributed by atoms with Crippen molar-refractivity contribution in [3.8, 4) is 0 Å². The van der Waals surface area contributed by atoms with E-state index < -0.39 is 0 Å². The third kappa shape index (κ3) is 3.48. The molecule has 1 aliphatic heterocycles. The smallest absolute Gasteiger partial charge is 0.262 e. The van der Waals surface area contributed by atoms with E-state index in [0.29, 0.717) is 18.0 Å². The van der Waals surface area contributed by atoms with E-state index in [1.54, 1.807) is 0 Å². The highest BCUT2D eigenvalue weighted by Crippen LogP contribution is 2.25. The highest BCUT2D eigenvalue weighted by molar-refractivity contribution is 7.18. The van der Waals surface area contributed by atoms with Gasteiger partial charge >= 0.3 is 0 Å². The van der Waals surface area contributed by atoms with Gasteiger partial charge in [-0.05, 0) is 39.3 Å². The van der Waals surface area contributed by atoms with E-state index in [0.717, 1.165) is 34.7 Å². The summed E-state index contributed by atoms with van der Waals surface area (Å²) in [5, 5.41) is 3.87. The van der Waals surface area contributed by atoms with Crippen LogP contribution in [0.5, 0.6) is 0 Å². The number of nitrogens with zero attached hydrogens (tertiary/aromatic N) is 3. The Morgan fingerprint density at radius 1 is 1.46 bits per heavy atom. The number of likely N-dealkylation sites (N-methyl/N-ethyl adjacent to an activating group) is 1. The molecule has 3 heterocycles. The second-order valence-electron chi connectivity index (χ2n) is 6.11. The average Bonchev–Trinajstić information content (AvgIpc) is 2.85. The van der Waals surface area contributed by atoms with Crippen LogP contribution in [-0.2, 0) is 11.3 Å². The number of rotatable bonds is 3. The number of amides is 1. The number of aromatic nitrogens is 2. The molecule has 0 aliphatic carbocycles. The summed E-state index contributed by atoms with van der Waals surface area (Å²) in [6, 6.07) is 0.340. The molecule has 1 aliphatic rings. The number of likely N-dealkylation sites (tertiary alicyclic amines) is 1. The van der Waals surface area contributed by atoms with Gasteiger partial charge in [-0.1, -0.05) is 0 Å². The Labute approximate surface area is 151 Å². The molecule has 1 saturated heterocycles. The van der Waals surface area contributed by atoms with Crippen molar-refractivity contribution in [3.63, 3.8) is 0 Å². The normalized spacial score (nSPS) is 17.8. The van der Waals surface area contributed by atoms with Gasteiger partial charge in [0, 0.05) is 24.0 Å². The van der Waals surface area contributed by atoms with Crippen molar-refractivity contribution in [1.29, 1.82) is 0 Å². The lowest BCUT2D eigenvalue weighted by Crippen LogP contribution is -2.48. The largest absolute Gasteiger partial charge is 0.340 e. The lowest BCUT2D eigenvalue weighted by atomic mass is 10.1. The average molecular weight is 371 g/mol. The van der Waals surface area contributed by atoms with Crippen LogP contribution in [0.15, 0.2) is 11.1 Å². The maximum Gasteiger partial charge on any atom is 0.262 e. The zero-order valence-electron chi connectivity index (χ0n) is 14.2. The number of hydrogen-bond donors (Lipinski definition) is 1. The predicted octanol–water partition coefficient (Wildman–Crippen LogP) is 1.71. The minimum Gasteiger partial charge on any atom is -0.340 e. The summed E-state index contributed by atoms with van der Waals surface area (Å²) >= 11 is 1.52. The monoisotopic (exact) mass is 370 g/mol. The summed E-state index contributed by atoms with van der Waals surface area (Å²) in [5.41, 5.74) is 0.852. The third-order valence-electron chi connectivity index (χ3n) is 4.64. The Bertz CT molecular complexity index is 801. The maximum absolute atomic E-state index is 12.6. The lowest BCUT2D eigenvalue weighted by molar-refractivity contribution is -0.133. The minimum absolute atomic E-state index is 0. The molecule has 24 heavy (non-hydrogen) atoms. The Morgan fingerprint density at radius 3 is 2.92 bits per heavy atom. The fourth-order valence-corrected chi connectivity index (χ4v) is 4.06. The Hall–Kier alpha value is -1.44. The van der Waals surface area contributed by atoms with Crippen molar-refractivity contribution in [2.24, 2.45) is 0 Å². The molecule has 1 atom stereocenters. The number of aryl methyl sites for hydroxylation is 2. The molecule has 0 aromatic carbocycles. The van der Waals surface area contributed by atoms with E-state index in [1.165, 1.54) is 22.2 Å². The number of fused-ring (bicyclic) bond motifs is 1. The third-order valence-corrected chi connectivity index (χ3v) is 5.76. The number of nitrogens with one attached hydrogen (secondary N) is 1. The fourth-order valence-electron chi connectivity index (χ4n) is 3.07. The van der Waals surface area contributed by atoms with Gasteiger partial charge in [-0.3, -0.25) is 14.2 Å². The van der Waals surface area contributed by atoms with Crippen LogP contribution in [0.25, 0.3) is 10.2 Å². The Kier molecular flexibility index (Phi) is 6.01. The van der Waals surface area contributed by atoms with Crippen LogP contribution in [0, 0.1) is 13.8 Å². The van der Waals surface area contributed by atoms with Gasteiger partial charge in [0.2, 0.25) is 5.91 Å². The zero-order valence-corrected chi connectivity index (χ0v) is 15.8. The molecule has 0 radical (unpaired) electrons. The van der Waals surface area contributed by atoms with Crippen molar-refractivity contribution in [2.75, 3.05) is 20.1 Å². The molecule has 0 bridgehead atoms. The molecule has 132 valence electrons. The number of piperidine rings is 1. The van der Waals surface area contributed by atoms with Crippen molar-refractivity contribution < 1.29 is 4.79 Å². The highest BCUT2D eigenvalue weighted by Gasteiger charge is 2.23. The van der Waals surface area contributed by atoms with E-state index in [9.17, 15) is 9.59 Å². The molecule has 1 amide bonds. The first-order valence-corrected chi connectivity index (χ1v) is 8.73. The number of thiophene rings is 1. The van der Waals surface area contributed by atoms with Gasteiger partial charge in [0.05, 0.1) is 11.7 Å². The topological polar surface area (TPSA) is 67.2 Å². The number of hydrogen-bond acceptors (Lipinski definition) is 5. The number of halogens is 1. The zero-order chi connectivity index (χ0) is 16.6. The summed E-state index contributed by atoms with van der Waals surface area (Å²) in [7, 11) is 1.92. The molecule has 1 fully saturated rings. The van der Waals surface area contributed by atoms with Crippen LogP contribution < -0.4 is 10.9 Å².